The van der Waals surface area contributed by atoms with Gasteiger partial charge in [0.1, 0.15) is 5.54 Å². The van der Waals surface area contributed by atoms with Gasteiger partial charge in [0, 0.05) is 6.04 Å². The van der Waals surface area contributed by atoms with Gasteiger partial charge in [0.15, 0.2) is 0 Å². The first kappa shape index (κ1) is 15.0. The number of aliphatic carboxylic acids is 1. The summed E-state index contributed by atoms with van der Waals surface area (Å²) in [6.45, 7) is 8.08. The molecule has 4 nitrogen and oxygen atoms in total. The lowest BCUT2D eigenvalue weighted by Crippen LogP contribution is -2.56. The molecule has 1 amide bonds. The second-order valence-electron chi connectivity index (χ2n) is 6.46. The third-order valence-corrected chi connectivity index (χ3v) is 4.22. The Morgan fingerprint density at radius 2 is 1.83 bits per heavy atom. The van der Waals surface area contributed by atoms with Gasteiger partial charge in [-0.3, -0.25) is 4.79 Å². The zero-order valence-electron chi connectivity index (χ0n) is 11.9. The highest BCUT2D eigenvalue weighted by Gasteiger charge is 2.46. The van der Waals surface area contributed by atoms with Gasteiger partial charge in [0.05, 0.1) is 0 Å². The number of carboxylic acid groups (broad SMARTS) is 1. The summed E-state index contributed by atoms with van der Waals surface area (Å²) < 4.78 is 0. The molecule has 1 atom stereocenters. The van der Waals surface area contributed by atoms with Gasteiger partial charge in [-0.25, -0.2) is 4.79 Å². The predicted molar refractivity (Wildman–Crippen MR) is 70.3 cm³/mol. The van der Waals surface area contributed by atoms with Gasteiger partial charge in [-0.1, -0.05) is 13.8 Å². The Bertz CT molecular complexity index is 325. The maximum atomic E-state index is 11.7. The monoisotopic (exact) mass is 255 g/mol. The van der Waals surface area contributed by atoms with Crippen LogP contribution in [0.15, 0.2) is 0 Å². The molecule has 4 heteroatoms. The van der Waals surface area contributed by atoms with Crippen molar-refractivity contribution in [2.75, 3.05) is 0 Å². The van der Waals surface area contributed by atoms with Crippen molar-refractivity contribution in [1.82, 2.24) is 4.90 Å². The molecule has 0 heterocycles. The minimum absolute atomic E-state index is 0.0835. The molecule has 1 aliphatic rings. The fourth-order valence-electron chi connectivity index (χ4n) is 2.95. The molecule has 0 aromatic carbocycles. The molecular weight excluding hydrogens is 230 g/mol. The smallest absolute Gasteiger partial charge is 0.329 e. The average Bonchev–Trinajstić information content (AvgIpc) is 2.39. The molecule has 0 aromatic heterocycles. The molecule has 18 heavy (non-hydrogen) atoms. The Morgan fingerprint density at radius 3 is 2.28 bits per heavy atom. The van der Waals surface area contributed by atoms with Crippen LogP contribution in [0.25, 0.3) is 0 Å². The third-order valence-electron chi connectivity index (χ3n) is 4.22. The summed E-state index contributed by atoms with van der Waals surface area (Å²) >= 11 is 0. The van der Waals surface area contributed by atoms with Crippen LogP contribution >= 0.6 is 0 Å². The summed E-state index contributed by atoms with van der Waals surface area (Å²) in [6, 6.07) is -0.0835. The van der Waals surface area contributed by atoms with Crippen molar-refractivity contribution in [3.63, 3.8) is 0 Å². The van der Waals surface area contributed by atoms with Crippen molar-refractivity contribution in [2.45, 2.75) is 71.4 Å². The number of carbonyl (C=O) groups excluding carboxylic acids is 1. The van der Waals surface area contributed by atoms with Crippen LogP contribution in [-0.2, 0) is 9.59 Å². The van der Waals surface area contributed by atoms with Crippen molar-refractivity contribution in [1.29, 1.82) is 0 Å². The van der Waals surface area contributed by atoms with Crippen LogP contribution in [0.2, 0.25) is 0 Å². The first-order chi connectivity index (χ1) is 8.25. The van der Waals surface area contributed by atoms with E-state index in [1.54, 1.807) is 0 Å². The van der Waals surface area contributed by atoms with Crippen molar-refractivity contribution in [3.8, 4) is 0 Å². The zero-order valence-corrected chi connectivity index (χ0v) is 11.9. The predicted octanol–water partition coefficient (Wildman–Crippen LogP) is 2.67. The number of hydrogen-bond acceptors (Lipinski definition) is 2. The Balaban J connectivity index is 3.07. The molecule has 0 radical (unpaired) electrons. The fraction of sp³-hybridized carbons (Fsp3) is 0.857. The van der Waals surface area contributed by atoms with Crippen LogP contribution in [0.1, 0.15) is 59.8 Å². The van der Waals surface area contributed by atoms with Gasteiger partial charge >= 0.3 is 5.97 Å². The maximum Gasteiger partial charge on any atom is 0.329 e. The number of carbonyl (C=O) groups is 2. The van der Waals surface area contributed by atoms with Gasteiger partial charge in [0.25, 0.3) is 0 Å². The molecule has 0 aromatic rings. The second-order valence-corrected chi connectivity index (χ2v) is 6.46. The molecule has 104 valence electrons. The zero-order chi connectivity index (χ0) is 14.0. The van der Waals surface area contributed by atoms with Crippen LogP contribution in [0.5, 0.6) is 0 Å². The van der Waals surface area contributed by atoms with Crippen LogP contribution < -0.4 is 0 Å². The Labute approximate surface area is 109 Å². The van der Waals surface area contributed by atoms with Crippen LogP contribution in [0.3, 0.4) is 0 Å². The van der Waals surface area contributed by atoms with E-state index >= 15 is 0 Å². The fourth-order valence-corrected chi connectivity index (χ4v) is 2.95. The van der Waals surface area contributed by atoms with E-state index in [1.165, 1.54) is 4.90 Å². The number of hydrogen-bond donors (Lipinski definition) is 1. The van der Waals surface area contributed by atoms with E-state index in [-0.39, 0.29) is 11.5 Å². The molecule has 0 saturated heterocycles. The van der Waals surface area contributed by atoms with Crippen molar-refractivity contribution >= 4 is 12.4 Å². The summed E-state index contributed by atoms with van der Waals surface area (Å²) in [6.07, 6.45) is 4.53. The molecule has 1 unspecified atom stereocenters. The van der Waals surface area contributed by atoms with Gasteiger partial charge < -0.3 is 10.0 Å². The van der Waals surface area contributed by atoms with E-state index in [9.17, 15) is 14.7 Å². The summed E-state index contributed by atoms with van der Waals surface area (Å²) in [5.74, 6) is -0.860. The van der Waals surface area contributed by atoms with E-state index in [4.69, 9.17) is 0 Å². The summed E-state index contributed by atoms with van der Waals surface area (Å²) in [4.78, 5) is 24.5. The second kappa shape index (κ2) is 5.29. The highest BCUT2D eigenvalue weighted by atomic mass is 16.4. The van der Waals surface area contributed by atoms with Crippen molar-refractivity contribution < 1.29 is 14.7 Å². The first-order valence-electron chi connectivity index (χ1n) is 6.72. The maximum absolute atomic E-state index is 11.7. The molecule has 1 rings (SSSR count). The van der Waals surface area contributed by atoms with Crippen molar-refractivity contribution in [2.24, 2.45) is 5.41 Å². The van der Waals surface area contributed by atoms with Crippen LogP contribution in [-0.4, -0.2) is 34.0 Å². The Hall–Kier alpha value is -1.06. The van der Waals surface area contributed by atoms with E-state index in [1.807, 2.05) is 13.8 Å². The lowest BCUT2D eigenvalue weighted by molar-refractivity contribution is -0.158. The lowest BCUT2D eigenvalue weighted by atomic mass is 9.82. The molecule has 0 aliphatic heterocycles. The minimum Gasteiger partial charge on any atom is -0.479 e. The minimum atomic E-state index is -1.01. The summed E-state index contributed by atoms with van der Waals surface area (Å²) in [5, 5.41) is 9.63. The van der Waals surface area contributed by atoms with E-state index < -0.39 is 11.5 Å². The van der Waals surface area contributed by atoms with Crippen LogP contribution in [0.4, 0.5) is 0 Å². The van der Waals surface area contributed by atoms with Gasteiger partial charge in [-0.05, 0) is 51.4 Å². The van der Waals surface area contributed by atoms with Gasteiger partial charge in [-0.15, -0.1) is 0 Å². The van der Waals surface area contributed by atoms with Gasteiger partial charge in [0.2, 0.25) is 6.41 Å². The molecular formula is C14H25NO3. The molecule has 1 N–H and O–H groups in total. The molecule has 1 aliphatic carbocycles. The quantitative estimate of drug-likeness (QED) is 0.620. The van der Waals surface area contributed by atoms with Crippen molar-refractivity contribution in [3.05, 3.63) is 0 Å². The Kier molecular flexibility index (Phi) is 4.41. The highest BCUT2D eigenvalue weighted by Crippen LogP contribution is 2.41. The third kappa shape index (κ3) is 2.85. The first-order valence-corrected chi connectivity index (χ1v) is 6.72. The lowest BCUT2D eigenvalue weighted by Gasteiger charge is -2.40. The largest absolute Gasteiger partial charge is 0.479 e. The van der Waals surface area contributed by atoms with Crippen LogP contribution in [0, 0.1) is 5.41 Å². The van der Waals surface area contributed by atoms with E-state index in [2.05, 4.69) is 13.8 Å². The van der Waals surface area contributed by atoms with Gasteiger partial charge in [-0.2, -0.15) is 0 Å². The molecule has 1 saturated carbocycles. The standard InChI is InChI=1S/C14H25NO3/c1-11(2)15(10-16)14(12(17)18)7-5-6-13(3,4)8-9-14/h10-11H,5-9H2,1-4H3,(H,17,18). The topological polar surface area (TPSA) is 57.6 Å². The van der Waals surface area contributed by atoms with E-state index in [0.717, 1.165) is 19.3 Å². The van der Waals surface area contributed by atoms with E-state index in [0.29, 0.717) is 19.3 Å². The highest BCUT2D eigenvalue weighted by molar-refractivity contribution is 5.81. The number of nitrogens with zero attached hydrogens (tertiary/aromatic N) is 1. The SMILES string of the molecule is CC(C)N(C=O)C1(C(=O)O)CCCC(C)(C)CC1. The number of rotatable bonds is 4. The molecule has 0 spiro atoms. The normalized spacial score (nSPS) is 27.6. The molecule has 1 fully saturated rings. The average molecular weight is 255 g/mol. The number of amides is 1. The summed E-state index contributed by atoms with van der Waals surface area (Å²) in [5.41, 5.74) is -0.841. The Morgan fingerprint density at radius 1 is 1.22 bits per heavy atom. The summed E-state index contributed by atoms with van der Waals surface area (Å²) in [7, 11) is 0. The molecule has 0 bridgehead atoms. The number of carboxylic acids is 1.